The first kappa shape index (κ1) is 25.5. The van der Waals surface area contributed by atoms with Gasteiger partial charge in [-0.3, -0.25) is 9.69 Å². The van der Waals surface area contributed by atoms with Gasteiger partial charge in [0.25, 0.3) is 5.91 Å². The molecular formula is C26H22ClF3N2O4. The van der Waals surface area contributed by atoms with E-state index in [1.807, 2.05) is 18.2 Å². The van der Waals surface area contributed by atoms with Crippen LogP contribution in [0.4, 0.5) is 13.2 Å². The van der Waals surface area contributed by atoms with Gasteiger partial charge in [-0.05, 0) is 66.1 Å². The first-order chi connectivity index (χ1) is 17.1. The fourth-order valence-electron chi connectivity index (χ4n) is 4.32. The van der Waals surface area contributed by atoms with Crippen LogP contribution in [0.25, 0.3) is 0 Å². The van der Waals surface area contributed by atoms with Crippen LogP contribution in [0.15, 0.2) is 72.8 Å². The number of carbonyl (C=O) groups excluding carboxylic acids is 1. The molecule has 36 heavy (non-hydrogen) atoms. The molecule has 1 heterocycles. The Balaban J connectivity index is 1.49. The lowest BCUT2D eigenvalue weighted by Crippen LogP contribution is -2.38. The number of hydrogen-bond acceptors (Lipinski definition) is 4. The first-order valence-corrected chi connectivity index (χ1v) is 11.5. The Hall–Kier alpha value is -3.56. The number of alkyl halides is 3. The maximum atomic E-state index is 12.7. The standard InChI is InChI=1S/C26H22ClF3N2O4/c27-20-8-4-16(5-9-20)23(18-2-1-3-19(14-18)25(34)35)32-13-12-21(15-32)31-24(33)17-6-10-22(11-7-17)36-26(28,29)30/h1-11,14,21,23H,12-13,15H2,(H,31,33)(H,34,35)/t21-,23?/m1/s1. The van der Waals surface area contributed by atoms with Gasteiger partial charge in [0.2, 0.25) is 0 Å². The number of ether oxygens (including phenoxy) is 1. The summed E-state index contributed by atoms with van der Waals surface area (Å²) in [6, 6.07) is 18.3. The number of benzene rings is 3. The molecule has 3 aromatic carbocycles. The molecule has 1 fully saturated rings. The Labute approximate surface area is 210 Å². The SMILES string of the molecule is O=C(O)c1cccc(C(c2ccc(Cl)cc2)N2CC[C@@H](NC(=O)c3ccc(OC(F)(F)F)cc3)C2)c1. The molecular weight excluding hydrogens is 497 g/mol. The van der Waals surface area contributed by atoms with Crippen molar-refractivity contribution in [3.05, 3.63) is 100 Å². The molecule has 4 rings (SSSR count). The molecule has 0 bridgehead atoms. The van der Waals surface area contributed by atoms with Crippen molar-refractivity contribution in [1.29, 1.82) is 0 Å². The fourth-order valence-corrected chi connectivity index (χ4v) is 4.44. The molecule has 3 aromatic rings. The van der Waals surface area contributed by atoms with E-state index in [2.05, 4.69) is 15.0 Å². The van der Waals surface area contributed by atoms with E-state index in [-0.39, 0.29) is 23.2 Å². The molecule has 6 nitrogen and oxygen atoms in total. The van der Waals surface area contributed by atoms with E-state index < -0.39 is 24.0 Å². The average Bonchev–Trinajstić information content (AvgIpc) is 3.28. The second-order valence-corrected chi connectivity index (χ2v) is 8.85. The minimum Gasteiger partial charge on any atom is -0.478 e. The van der Waals surface area contributed by atoms with Crippen molar-refractivity contribution >= 4 is 23.5 Å². The van der Waals surface area contributed by atoms with Crippen LogP contribution in [0.1, 0.15) is 44.3 Å². The zero-order valence-electron chi connectivity index (χ0n) is 18.8. The fraction of sp³-hybridized carbons (Fsp3) is 0.231. The maximum absolute atomic E-state index is 12.7. The summed E-state index contributed by atoms with van der Waals surface area (Å²) in [5.74, 6) is -1.83. The molecule has 2 N–H and O–H groups in total. The lowest BCUT2D eigenvalue weighted by Gasteiger charge is -2.29. The van der Waals surface area contributed by atoms with Gasteiger partial charge in [-0.15, -0.1) is 13.2 Å². The Morgan fingerprint density at radius 1 is 1.00 bits per heavy atom. The molecule has 0 radical (unpaired) electrons. The summed E-state index contributed by atoms with van der Waals surface area (Å²) in [5, 5.41) is 13.0. The van der Waals surface area contributed by atoms with Crippen molar-refractivity contribution in [3.63, 3.8) is 0 Å². The van der Waals surface area contributed by atoms with E-state index >= 15 is 0 Å². The van der Waals surface area contributed by atoms with Gasteiger partial charge >= 0.3 is 12.3 Å². The number of likely N-dealkylation sites (tertiary alicyclic amines) is 1. The van der Waals surface area contributed by atoms with Crippen LogP contribution < -0.4 is 10.1 Å². The van der Waals surface area contributed by atoms with Gasteiger partial charge in [-0.2, -0.15) is 0 Å². The second kappa shape index (κ2) is 10.6. The summed E-state index contributed by atoms with van der Waals surface area (Å²) in [5.41, 5.74) is 2.11. The zero-order chi connectivity index (χ0) is 25.9. The van der Waals surface area contributed by atoms with E-state index in [0.717, 1.165) is 23.3 Å². The summed E-state index contributed by atoms with van der Waals surface area (Å²) >= 11 is 6.07. The van der Waals surface area contributed by atoms with E-state index in [9.17, 15) is 27.9 Å². The molecule has 188 valence electrons. The van der Waals surface area contributed by atoms with Gasteiger partial charge in [0.15, 0.2) is 0 Å². The number of rotatable bonds is 7. The largest absolute Gasteiger partial charge is 0.573 e. The predicted molar refractivity (Wildman–Crippen MR) is 127 cm³/mol. The van der Waals surface area contributed by atoms with Crippen molar-refractivity contribution in [2.24, 2.45) is 0 Å². The van der Waals surface area contributed by atoms with Crippen LogP contribution in [-0.2, 0) is 0 Å². The van der Waals surface area contributed by atoms with Crippen LogP contribution in [-0.4, -0.2) is 47.4 Å². The number of amides is 1. The highest BCUT2D eigenvalue weighted by molar-refractivity contribution is 6.30. The molecule has 1 saturated heterocycles. The third-order valence-electron chi connectivity index (χ3n) is 5.91. The van der Waals surface area contributed by atoms with E-state index in [0.29, 0.717) is 24.5 Å². The van der Waals surface area contributed by atoms with Gasteiger partial charge in [0.05, 0.1) is 11.6 Å². The zero-order valence-corrected chi connectivity index (χ0v) is 19.6. The van der Waals surface area contributed by atoms with Crippen molar-refractivity contribution in [3.8, 4) is 5.75 Å². The highest BCUT2D eigenvalue weighted by Gasteiger charge is 2.32. The van der Waals surface area contributed by atoms with E-state index in [1.165, 1.54) is 18.2 Å². The number of carbonyl (C=O) groups is 2. The molecule has 1 aliphatic heterocycles. The maximum Gasteiger partial charge on any atom is 0.573 e. The highest BCUT2D eigenvalue weighted by atomic mass is 35.5. The monoisotopic (exact) mass is 518 g/mol. The third kappa shape index (κ3) is 6.35. The molecule has 1 unspecified atom stereocenters. The number of carboxylic acids is 1. The van der Waals surface area contributed by atoms with Gasteiger partial charge < -0.3 is 15.2 Å². The van der Waals surface area contributed by atoms with Crippen molar-refractivity contribution < 1.29 is 32.6 Å². The normalized spacial score (nSPS) is 16.9. The number of carboxylic acid groups (broad SMARTS) is 1. The van der Waals surface area contributed by atoms with E-state index in [4.69, 9.17) is 11.6 Å². The molecule has 1 aliphatic rings. The van der Waals surface area contributed by atoms with Gasteiger partial charge in [0, 0.05) is 29.7 Å². The van der Waals surface area contributed by atoms with Crippen LogP contribution in [0.5, 0.6) is 5.75 Å². The Morgan fingerprint density at radius 3 is 2.33 bits per heavy atom. The minimum absolute atomic E-state index is 0.175. The second-order valence-electron chi connectivity index (χ2n) is 8.41. The highest BCUT2D eigenvalue weighted by Crippen LogP contribution is 2.33. The van der Waals surface area contributed by atoms with Crippen molar-refractivity contribution in [2.45, 2.75) is 24.9 Å². The van der Waals surface area contributed by atoms with Crippen molar-refractivity contribution in [2.75, 3.05) is 13.1 Å². The summed E-state index contributed by atoms with van der Waals surface area (Å²) in [6.07, 6.45) is -4.16. The Kier molecular flexibility index (Phi) is 7.51. The average molecular weight is 519 g/mol. The predicted octanol–water partition coefficient (Wildman–Crippen LogP) is 5.53. The lowest BCUT2D eigenvalue weighted by molar-refractivity contribution is -0.274. The van der Waals surface area contributed by atoms with Gasteiger partial charge in [-0.25, -0.2) is 4.79 Å². The Bertz CT molecular complexity index is 1230. The number of aromatic carboxylic acids is 1. The van der Waals surface area contributed by atoms with Crippen molar-refractivity contribution in [1.82, 2.24) is 10.2 Å². The topological polar surface area (TPSA) is 78.9 Å². The summed E-state index contributed by atoms with van der Waals surface area (Å²) < 4.78 is 40.9. The molecule has 0 aliphatic carbocycles. The smallest absolute Gasteiger partial charge is 0.478 e. The molecule has 0 saturated carbocycles. The lowest BCUT2D eigenvalue weighted by atomic mass is 9.96. The number of nitrogens with one attached hydrogen (secondary N) is 1. The third-order valence-corrected chi connectivity index (χ3v) is 6.16. The molecule has 10 heteroatoms. The molecule has 1 amide bonds. The number of hydrogen-bond donors (Lipinski definition) is 2. The quantitative estimate of drug-likeness (QED) is 0.430. The summed E-state index contributed by atoms with van der Waals surface area (Å²) in [6.45, 7) is 1.12. The van der Waals surface area contributed by atoms with Gasteiger partial charge in [0.1, 0.15) is 5.75 Å². The van der Waals surface area contributed by atoms with Crippen LogP contribution in [0, 0.1) is 0 Å². The number of halogens is 4. The molecule has 0 aromatic heterocycles. The van der Waals surface area contributed by atoms with Crippen LogP contribution >= 0.6 is 11.6 Å². The summed E-state index contributed by atoms with van der Waals surface area (Å²) in [4.78, 5) is 26.4. The Morgan fingerprint density at radius 2 is 1.69 bits per heavy atom. The van der Waals surface area contributed by atoms with Gasteiger partial charge in [-0.1, -0.05) is 35.9 Å². The first-order valence-electron chi connectivity index (χ1n) is 11.1. The van der Waals surface area contributed by atoms with Crippen LogP contribution in [0.2, 0.25) is 5.02 Å². The summed E-state index contributed by atoms with van der Waals surface area (Å²) in [7, 11) is 0. The number of nitrogens with zero attached hydrogens (tertiary/aromatic N) is 1. The minimum atomic E-state index is -4.80. The molecule has 0 spiro atoms. The van der Waals surface area contributed by atoms with Crippen LogP contribution in [0.3, 0.4) is 0 Å². The van der Waals surface area contributed by atoms with E-state index in [1.54, 1.807) is 24.3 Å². The molecule has 2 atom stereocenters.